The van der Waals surface area contributed by atoms with Gasteiger partial charge in [-0.05, 0) is 6.92 Å². The monoisotopic (exact) mass is 168 g/mol. The highest BCUT2D eigenvalue weighted by atomic mass is 35.5. The third kappa shape index (κ3) is 1.09. The lowest BCUT2D eigenvalue weighted by Gasteiger charge is -2.14. The fourth-order valence-corrected chi connectivity index (χ4v) is 0.977. The van der Waals surface area contributed by atoms with Crippen molar-refractivity contribution in [1.29, 1.82) is 0 Å². The smallest absolute Gasteiger partial charge is 0.224 e. The van der Waals surface area contributed by atoms with Crippen molar-refractivity contribution < 1.29 is 0 Å². The number of rotatable bonds is 0. The molecule has 2 aliphatic rings. The summed E-state index contributed by atoms with van der Waals surface area (Å²) in [6.45, 7) is 1.70. The average Bonchev–Trinajstić information content (AvgIpc) is 2.31. The molecule has 0 saturated carbocycles. The summed E-state index contributed by atoms with van der Waals surface area (Å²) < 4.78 is 0. The Morgan fingerprint density at radius 1 is 1.55 bits per heavy atom. The first kappa shape index (κ1) is 6.67. The van der Waals surface area contributed by atoms with Gasteiger partial charge in [-0.1, -0.05) is 11.6 Å². The molecule has 0 aromatic carbocycles. The van der Waals surface area contributed by atoms with Crippen LogP contribution in [0.3, 0.4) is 0 Å². The Hall–Kier alpha value is -1.03. The zero-order valence-electron chi connectivity index (χ0n) is 5.82. The van der Waals surface area contributed by atoms with E-state index in [0.29, 0.717) is 11.5 Å². The summed E-state index contributed by atoms with van der Waals surface area (Å²) in [7, 11) is 0. The van der Waals surface area contributed by atoms with Gasteiger partial charge in [0.05, 0.1) is 6.21 Å². The van der Waals surface area contributed by atoms with Crippen LogP contribution < -0.4 is 0 Å². The Balaban J connectivity index is 2.45. The molecule has 2 rings (SSSR count). The van der Waals surface area contributed by atoms with Crippen LogP contribution in [0.4, 0.5) is 0 Å². The number of hydrogen-bond acceptors (Lipinski definition) is 4. The number of nitrogens with zero attached hydrogens (tertiary/aromatic N) is 4. The first-order chi connectivity index (χ1) is 5.17. The van der Waals surface area contributed by atoms with Crippen LogP contribution in [0.25, 0.3) is 0 Å². The van der Waals surface area contributed by atoms with E-state index in [4.69, 9.17) is 11.6 Å². The van der Waals surface area contributed by atoms with E-state index >= 15 is 0 Å². The molecule has 1 atom stereocenters. The summed E-state index contributed by atoms with van der Waals surface area (Å²) in [6, 6.07) is 0. The van der Waals surface area contributed by atoms with E-state index in [2.05, 4.69) is 20.0 Å². The van der Waals surface area contributed by atoms with Gasteiger partial charge in [-0.3, -0.25) is 0 Å². The van der Waals surface area contributed by atoms with Crippen molar-refractivity contribution in [2.75, 3.05) is 0 Å². The molecule has 4 nitrogen and oxygen atoms in total. The minimum Gasteiger partial charge on any atom is -0.246 e. The molecule has 0 saturated heterocycles. The minimum atomic E-state index is -0.893. The first-order valence-corrected chi connectivity index (χ1v) is 3.50. The van der Waals surface area contributed by atoms with Crippen LogP contribution in [0.15, 0.2) is 20.0 Å². The van der Waals surface area contributed by atoms with Gasteiger partial charge in [-0.25, -0.2) is 20.0 Å². The Labute approximate surface area is 68.4 Å². The Kier molecular flexibility index (Phi) is 1.20. The third-order valence-electron chi connectivity index (χ3n) is 1.34. The van der Waals surface area contributed by atoms with Crippen LogP contribution in [0.2, 0.25) is 0 Å². The SMILES string of the molecule is CC1(Cl)N=CC2=NC=NC2=N1. The fourth-order valence-electron chi connectivity index (χ4n) is 0.848. The Morgan fingerprint density at radius 3 is 3.18 bits per heavy atom. The summed E-state index contributed by atoms with van der Waals surface area (Å²) in [4.78, 5) is 15.8. The highest BCUT2D eigenvalue weighted by Crippen LogP contribution is 2.21. The number of alkyl halides is 1. The van der Waals surface area contributed by atoms with Crippen molar-refractivity contribution in [3.8, 4) is 0 Å². The van der Waals surface area contributed by atoms with Crippen molar-refractivity contribution >= 4 is 35.7 Å². The predicted molar refractivity (Wildman–Crippen MR) is 46.1 cm³/mol. The minimum absolute atomic E-state index is 0.567. The van der Waals surface area contributed by atoms with Crippen LogP contribution >= 0.6 is 11.6 Å². The number of aliphatic imine (C=N–C) groups is 4. The molecule has 5 heteroatoms. The van der Waals surface area contributed by atoms with E-state index in [0.717, 1.165) is 0 Å². The lowest BCUT2D eigenvalue weighted by Crippen LogP contribution is -2.24. The first-order valence-electron chi connectivity index (χ1n) is 3.12. The number of hydrogen-bond donors (Lipinski definition) is 0. The summed E-state index contributed by atoms with van der Waals surface area (Å²) in [5.41, 5.74) is 0.683. The lowest BCUT2D eigenvalue weighted by atomic mass is 10.3. The standard InChI is InChI=1S/C6H5ClN4/c1-6(7)10-2-4-5(11-6)9-3-8-4/h2-3H,1H3. The molecule has 0 aromatic rings. The quantitative estimate of drug-likeness (QED) is 0.381. The molecule has 0 aliphatic carbocycles. The van der Waals surface area contributed by atoms with Gasteiger partial charge in [-0.2, -0.15) is 0 Å². The van der Waals surface area contributed by atoms with E-state index in [1.807, 2.05) is 0 Å². The van der Waals surface area contributed by atoms with Gasteiger partial charge >= 0.3 is 0 Å². The molecular formula is C6H5ClN4. The van der Waals surface area contributed by atoms with Crippen LogP contribution in [0.1, 0.15) is 6.92 Å². The zero-order chi connectivity index (χ0) is 7.90. The Bertz CT molecular complexity index is 311. The molecule has 11 heavy (non-hydrogen) atoms. The van der Waals surface area contributed by atoms with Gasteiger partial charge in [-0.15, -0.1) is 0 Å². The lowest BCUT2D eigenvalue weighted by molar-refractivity contribution is 0.711. The molecule has 56 valence electrons. The van der Waals surface area contributed by atoms with Crippen molar-refractivity contribution in [1.82, 2.24) is 0 Å². The largest absolute Gasteiger partial charge is 0.246 e. The second kappa shape index (κ2) is 1.98. The normalized spacial score (nSPS) is 33.3. The van der Waals surface area contributed by atoms with Crippen molar-refractivity contribution in [2.24, 2.45) is 20.0 Å². The fraction of sp³-hybridized carbons (Fsp3) is 0.333. The summed E-state index contributed by atoms with van der Waals surface area (Å²) in [5, 5.41) is -0.893. The van der Waals surface area contributed by atoms with Gasteiger partial charge in [0.2, 0.25) is 5.12 Å². The molecule has 0 aromatic heterocycles. The van der Waals surface area contributed by atoms with Gasteiger partial charge in [0.1, 0.15) is 12.1 Å². The number of fused-ring (bicyclic) bond motifs is 1. The highest BCUT2D eigenvalue weighted by molar-refractivity contribution is 6.66. The van der Waals surface area contributed by atoms with E-state index in [1.165, 1.54) is 6.34 Å². The number of amidine groups is 1. The molecule has 1 unspecified atom stereocenters. The van der Waals surface area contributed by atoms with Gasteiger partial charge in [0.15, 0.2) is 5.84 Å². The van der Waals surface area contributed by atoms with Crippen LogP contribution in [0, 0.1) is 0 Å². The van der Waals surface area contributed by atoms with E-state index < -0.39 is 5.12 Å². The molecule has 0 N–H and O–H groups in total. The molecule has 2 aliphatic heterocycles. The molecule has 0 spiro atoms. The van der Waals surface area contributed by atoms with Crippen LogP contribution in [-0.2, 0) is 0 Å². The van der Waals surface area contributed by atoms with Gasteiger partial charge in [0.25, 0.3) is 0 Å². The third-order valence-corrected chi connectivity index (χ3v) is 1.52. The van der Waals surface area contributed by atoms with Gasteiger partial charge < -0.3 is 0 Å². The number of halogens is 1. The maximum atomic E-state index is 5.82. The van der Waals surface area contributed by atoms with Crippen LogP contribution in [-0.4, -0.2) is 29.2 Å². The summed E-state index contributed by atoms with van der Waals surface area (Å²) >= 11 is 5.82. The molecule has 0 amide bonds. The Morgan fingerprint density at radius 2 is 2.36 bits per heavy atom. The second-order valence-electron chi connectivity index (χ2n) is 2.36. The van der Waals surface area contributed by atoms with Crippen LogP contribution in [0.5, 0.6) is 0 Å². The summed E-state index contributed by atoms with van der Waals surface area (Å²) in [5.74, 6) is 0.567. The highest BCUT2D eigenvalue weighted by Gasteiger charge is 2.25. The second-order valence-corrected chi connectivity index (χ2v) is 3.07. The maximum Gasteiger partial charge on any atom is 0.224 e. The van der Waals surface area contributed by atoms with Crippen molar-refractivity contribution in [2.45, 2.75) is 12.0 Å². The maximum absolute atomic E-state index is 5.82. The molecule has 2 heterocycles. The molecular weight excluding hydrogens is 164 g/mol. The van der Waals surface area contributed by atoms with Crippen molar-refractivity contribution in [3.05, 3.63) is 0 Å². The van der Waals surface area contributed by atoms with Crippen molar-refractivity contribution in [3.63, 3.8) is 0 Å². The molecule has 0 fully saturated rings. The van der Waals surface area contributed by atoms with E-state index in [1.54, 1.807) is 13.1 Å². The van der Waals surface area contributed by atoms with E-state index in [-0.39, 0.29) is 0 Å². The molecule has 0 radical (unpaired) electrons. The predicted octanol–water partition coefficient (Wildman–Crippen LogP) is 0.865. The molecule has 0 bridgehead atoms. The van der Waals surface area contributed by atoms with Gasteiger partial charge in [0, 0.05) is 0 Å². The summed E-state index contributed by atoms with van der Waals surface area (Å²) in [6.07, 6.45) is 3.03. The zero-order valence-corrected chi connectivity index (χ0v) is 6.58. The average molecular weight is 169 g/mol. The van der Waals surface area contributed by atoms with E-state index in [9.17, 15) is 0 Å². The topological polar surface area (TPSA) is 49.4 Å².